The maximum Gasteiger partial charge on any atom is 0.328 e. The molecule has 0 bridgehead atoms. The number of anilines is 1. The van der Waals surface area contributed by atoms with Gasteiger partial charge in [-0.15, -0.1) is 0 Å². The van der Waals surface area contributed by atoms with Crippen LogP contribution in [0, 0.1) is 6.92 Å². The fraction of sp³-hybridized carbons (Fsp3) is 0.840. The van der Waals surface area contributed by atoms with Crippen molar-refractivity contribution in [2.24, 2.45) is 0 Å². The molecule has 0 radical (unpaired) electrons. The van der Waals surface area contributed by atoms with E-state index in [1.165, 1.54) is 4.57 Å². The molecule has 0 aliphatic carbocycles. The third-order valence-corrected chi connectivity index (χ3v) is 18.5. The number of H-pyrrole nitrogens is 1. The number of esters is 1. The number of imidazole rings is 1. The number of nitrogens with one attached hydrogen (secondary N) is 1. The molecule has 0 fully saturated rings. The first-order valence-corrected chi connectivity index (χ1v) is 49.2. The molecule has 3 N–H and O–H groups in total. The number of fused-ring (bicyclic) bond motifs is 1. The fourth-order valence-corrected chi connectivity index (χ4v) is 11.4. The van der Waals surface area contributed by atoms with Crippen molar-refractivity contribution in [2.45, 2.75) is 26.4 Å². The minimum atomic E-state index is -0.357. The summed E-state index contributed by atoms with van der Waals surface area (Å²) in [5, 5.41) is 4.40. The number of aryl methyl sites for hydroxylation is 1. The van der Waals surface area contributed by atoms with E-state index in [1.54, 1.807) is 24.9 Å². The summed E-state index contributed by atoms with van der Waals surface area (Å²) >= 11 is 0. The number of benzene rings is 1. The molecule has 0 spiro atoms. The first-order chi connectivity index (χ1) is 69.9. The number of carbonyl (C=O) groups excluding carboxylic acids is 1. The molecular weight excluding hydrogens is 1870 g/mol. The van der Waals surface area contributed by atoms with Crippen LogP contribution in [0.4, 0.5) is 5.82 Å². The van der Waals surface area contributed by atoms with E-state index in [4.69, 9.17) is 186 Å². The van der Waals surface area contributed by atoms with Gasteiger partial charge in [-0.1, -0.05) is 24.3 Å². The van der Waals surface area contributed by atoms with Crippen molar-refractivity contribution < 1.29 is 185 Å². The van der Waals surface area contributed by atoms with Gasteiger partial charge in [-0.05, 0) is 18.1 Å². The van der Waals surface area contributed by atoms with E-state index in [0.717, 1.165) is 16.7 Å². The quantitative estimate of drug-likeness (QED) is 0.0472. The number of nitrogens with zero attached hydrogens (tertiary/aromatic N) is 5. The van der Waals surface area contributed by atoms with Gasteiger partial charge in [-0.25, -0.2) is 14.8 Å². The Morgan fingerprint density at radius 2 is 0.482 bits per heavy atom. The Bertz CT molecular complexity index is 3280. The van der Waals surface area contributed by atoms with Crippen molar-refractivity contribution >= 4 is 23.0 Å². The molecule has 1 aromatic carbocycles. The van der Waals surface area contributed by atoms with E-state index in [-0.39, 0.29) is 37.1 Å². The van der Waals surface area contributed by atoms with E-state index in [0.29, 0.717) is 506 Å². The number of hydrogen-bond acceptors (Lipinski definition) is 44. The summed E-state index contributed by atoms with van der Waals surface area (Å²) in [7, 11) is 1.64. The molecule has 0 aliphatic rings. The van der Waals surface area contributed by atoms with Gasteiger partial charge in [0.2, 0.25) is 0 Å². The van der Waals surface area contributed by atoms with Crippen molar-refractivity contribution in [1.82, 2.24) is 29.3 Å². The maximum atomic E-state index is 12.6. The molecule has 4 aromatic rings. The minimum absolute atomic E-state index is 0.128. The largest absolute Gasteiger partial charge is 0.464 e. The Balaban J connectivity index is 0.682. The van der Waals surface area contributed by atoms with Crippen molar-refractivity contribution in [3.63, 3.8) is 0 Å². The van der Waals surface area contributed by atoms with Crippen LogP contribution in [0.1, 0.15) is 17.8 Å². The van der Waals surface area contributed by atoms with Gasteiger partial charge in [-0.2, -0.15) is 5.10 Å². The van der Waals surface area contributed by atoms with Gasteiger partial charge >= 0.3 is 11.7 Å². The van der Waals surface area contributed by atoms with Crippen LogP contribution in [0.3, 0.4) is 0 Å². The summed E-state index contributed by atoms with van der Waals surface area (Å²) in [5.41, 5.74) is 9.33. The molecule has 0 unspecified atom stereocenters. The summed E-state index contributed by atoms with van der Waals surface area (Å²) in [5.74, 6) is 0.364. The normalized spacial score (nSPS) is 11.8. The molecule has 0 amide bonds. The lowest BCUT2D eigenvalue weighted by Gasteiger charge is -2.09. The Kier molecular flexibility index (Phi) is 93.5. The number of aromatic nitrogens is 6. The summed E-state index contributed by atoms with van der Waals surface area (Å²) in [4.78, 5) is 36.1. The first-order valence-electron chi connectivity index (χ1n) is 49.2. The van der Waals surface area contributed by atoms with Crippen LogP contribution >= 0.6 is 0 Å². The highest BCUT2D eigenvalue weighted by Crippen LogP contribution is 2.21. The fourth-order valence-electron chi connectivity index (χ4n) is 11.4. The number of aromatic amines is 1. The van der Waals surface area contributed by atoms with Gasteiger partial charge in [0, 0.05) is 18.9 Å². The van der Waals surface area contributed by atoms with Crippen LogP contribution in [0.2, 0.25) is 0 Å². The molecule has 0 saturated carbocycles. The van der Waals surface area contributed by atoms with Gasteiger partial charge in [0.15, 0.2) is 11.5 Å². The van der Waals surface area contributed by atoms with E-state index in [9.17, 15) is 9.59 Å². The monoisotopic (exact) mass is 2040 g/mol. The van der Waals surface area contributed by atoms with E-state index < -0.39 is 0 Å². The lowest BCUT2D eigenvalue weighted by atomic mass is 10.1. The third-order valence-electron chi connectivity index (χ3n) is 18.5. The van der Waals surface area contributed by atoms with Crippen LogP contribution in [-0.2, 0) is 198 Å². The van der Waals surface area contributed by atoms with Crippen LogP contribution in [0.5, 0.6) is 0 Å². The van der Waals surface area contributed by atoms with Crippen molar-refractivity contribution in [2.75, 3.05) is 502 Å². The Morgan fingerprint density at radius 3 is 0.695 bits per heavy atom. The van der Waals surface area contributed by atoms with Gasteiger partial charge in [0.25, 0.3) is 0 Å². The third kappa shape index (κ3) is 84.2. The van der Waals surface area contributed by atoms with Crippen molar-refractivity contribution in [3.8, 4) is 11.1 Å². The maximum absolute atomic E-state index is 12.6. The molecule has 47 nitrogen and oxygen atoms in total. The SMILES string of the molecule is COCCOCCOCCOCCOCCOCCOCCOCCOCCOCCOCCOCCOCCOCCOCCOCCOCCOCCOCCOCCOCCOCCOCCOCCOCCOCCOCCOCCOCCOCCOCCOCCOCCOCCOCCOCCOCCC(=O)OCCn1cc(-c2ccc(Cn3c(=O)[nH]c4c(N)nc(C)nc43)cc2)cn1. The molecule has 4 rings (SSSR count). The molecule has 3 heterocycles. The zero-order chi connectivity index (χ0) is 99.7. The predicted octanol–water partition coefficient (Wildman–Crippen LogP) is 2.10. The molecular formula is C94H169N7O40. The second-order valence-electron chi connectivity index (χ2n) is 29.6. The van der Waals surface area contributed by atoms with Crippen LogP contribution in [0.25, 0.3) is 22.3 Å². The van der Waals surface area contributed by atoms with Gasteiger partial charge in [0.1, 0.15) is 17.9 Å². The smallest absolute Gasteiger partial charge is 0.328 e. The van der Waals surface area contributed by atoms with Crippen LogP contribution < -0.4 is 11.4 Å². The Morgan fingerprint density at radius 1 is 0.277 bits per heavy atom. The van der Waals surface area contributed by atoms with Crippen molar-refractivity contribution in [3.05, 3.63) is 58.5 Å². The Labute approximate surface area is 831 Å². The second-order valence-corrected chi connectivity index (χ2v) is 29.6. The highest BCUT2D eigenvalue weighted by molar-refractivity contribution is 5.81. The number of ether oxygens (including phenoxy) is 38. The number of nitrogens with two attached hydrogens (primary N) is 1. The molecule has 47 heteroatoms. The number of rotatable bonds is 117. The van der Waals surface area contributed by atoms with E-state index in [2.05, 4.69) is 20.1 Å². The van der Waals surface area contributed by atoms with Crippen molar-refractivity contribution in [1.29, 1.82) is 0 Å². The lowest BCUT2D eigenvalue weighted by Crippen LogP contribution is -2.17. The van der Waals surface area contributed by atoms with Gasteiger partial charge < -0.3 is 191 Å². The summed E-state index contributed by atoms with van der Waals surface area (Å²) in [6, 6.07) is 7.81. The molecule has 0 saturated heterocycles. The summed E-state index contributed by atoms with van der Waals surface area (Å²) in [6.45, 7) is 36.9. The molecule has 0 atom stereocenters. The van der Waals surface area contributed by atoms with Crippen LogP contribution in [0.15, 0.2) is 41.5 Å². The molecule has 820 valence electrons. The zero-order valence-corrected chi connectivity index (χ0v) is 84.1. The standard InChI is InChI=1S/C94H169N7O40/c1-86-97-92(95)91-93(98-86)101(94(103)99-91)84-87-3-5-88(6-4-87)89-83-96-100(85-89)8-10-141-90(102)7-9-105-13-14-107-17-18-109-21-22-111-25-26-113-29-30-115-33-34-117-37-38-119-41-42-121-45-46-123-49-50-125-53-54-127-57-58-129-61-62-131-65-66-133-69-70-135-73-74-137-77-78-139-81-82-140-80-79-138-76-75-136-72-71-134-68-67-132-64-63-130-60-59-128-56-55-126-52-51-124-48-47-122-44-43-120-40-39-118-36-35-116-32-31-114-28-27-112-24-23-110-20-19-108-16-15-106-12-11-104-2/h3-6,83,85H,7-82,84H2,1-2H3,(H,99,103)(H2,95,97,98). The van der Waals surface area contributed by atoms with E-state index >= 15 is 0 Å². The molecule has 3 aromatic heterocycles. The molecule has 141 heavy (non-hydrogen) atoms. The van der Waals surface area contributed by atoms with E-state index in [1.807, 2.05) is 30.5 Å². The average Bonchev–Trinajstić information content (AvgIpc) is 1.63. The summed E-state index contributed by atoms with van der Waals surface area (Å²) < 4.78 is 213. The predicted molar refractivity (Wildman–Crippen MR) is 511 cm³/mol. The number of nitrogen functional groups attached to an aromatic ring is 1. The number of hydrogen-bond donors (Lipinski definition) is 2. The number of carbonyl (C=O) groups is 1. The minimum Gasteiger partial charge on any atom is -0.464 e. The zero-order valence-electron chi connectivity index (χ0n) is 84.1. The Hall–Kier alpha value is -5.43. The summed E-state index contributed by atoms with van der Waals surface area (Å²) in [6.07, 6.45) is 3.76. The topological polar surface area (TPSA) is 475 Å². The molecule has 0 aliphatic heterocycles. The van der Waals surface area contributed by atoms with Gasteiger partial charge in [-0.3, -0.25) is 14.0 Å². The lowest BCUT2D eigenvalue weighted by molar-refractivity contribution is -0.145. The number of methoxy groups -OCH3 is 1. The second kappa shape index (κ2) is 103. The highest BCUT2D eigenvalue weighted by Gasteiger charge is 2.15. The van der Waals surface area contributed by atoms with Crippen LogP contribution in [-0.4, -0.2) is 531 Å². The van der Waals surface area contributed by atoms with Gasteiger partial charge in [0.05, 0.1) is 508 Å². The average molecular weight is 2040 g/mol. The highest BCUT2D eigenvalue weighted by atomic mass is 16.6. The first kappa shape index (κ1) is 128.